The summed E-state index contributed by atoms with van der Waals surface area (Å²) >= 11 is 0. The molecule has 2 aromatic rings. The maximum absolute atomic E-state index is 12.7. The van der Waals surface area contributed by atoms with E-state index in [4.69, 9.17) is 10.7 Å². The first-order valence-corrected chi connectivity index (χ1v) is 6.54. The van der Waals surface area contributed by atoms with Crippen LogP contribution in [0.5, 0.6) is 0 Å². The summed E-state index contributed by atoms with van der Waals surface area (Å²) in [4.78, 5) is 0. The third kappa shape index (κ3) is 2.07. The Labute approximate surface area is 95.7 Å². The largest absolute Gasteiger partial charge is 0.278 e. The van der Waals surface area contributed by atoms with Gasteiger partial charge in [-0.3, -0.25) is 0 Å². The summed E-state index contributed by atoms with van der Waals surface area (Å²) in [7, 11) is 1.35. The topological polar surface area (TPSA) is 52.0 Å². The van der Waals surface area contributed by atoms with Crippen LogP contribution in [-0.4, -0.2) is 18.2 Å². The molecule has 7 heteroatoms. The Morgan fingerprint density at radius 3 is 2.38 bits per heavy atom. The monoisotopic (exact) mass is 260 g/mol. The standard InChI is InChI=1S/C9H6ClFN2O2S/c10-16(14,15)9-5-6-12-13(9)8-3-1-7(11)2-4-8/h1-6H. The highest BCUT2D eigenvalue weighted by Crippen LogP contribution is 2.18. The van der Waals surface area contributed by atoms with E-state index in [1.54, 1.807) is 0 Å². The van der Waals surface area contributed by atoms with Gasteiger partial charge in [-0.05, 0) is 30.3 Å². The number of hydrogen-bond acceptors (Lipinski definition) is 3. The third-order valence-corrected chi connectivity index (χ3v) is 3.21. The number of benzene rings is 1. The fourth-order valence-electron chi connectivity index (χ4n) is 1.25. The molecule has 4 nitrogen and oxygen atoms in total. The second-order valence-electron chi connectivity index (χ2n) is 3.00. The molecule has 0 N–H and O–H groups in total. The van der Waals surface area contributed by atoms with Crippen molar-refractivity contribution >= 4 is 19.7 Å². The lowest BCUT2D eigenvalue weighted by Crippen LogP contribution is -2.04. The van der Waals surface area contributed by atoms with Crippen molar-refractivity contribution in [3.8, 4) is 5.69 Å². The Balaban J connectivity index is 2.58. The molecule has 0 amide bonds. The number of hydrogen-bond donors (Lipinski definition) is 0. The lowest BCUT2D eigenvalue weighted by Gasteiger charge is -2.04. The van der Waals surface area contributed by atoms with Crippen molar-refractivity contribution in [3.63, 3.8) is 0 Å². The van der Waals surface area contributed by atoms with Gasteiger partial charge in [0.2, 0.25) is 0 Å². The highest BCUT2D eigenvalue weighted by Gasteiger charge is 2.17. The van der Waals surface area contributed by atoms with Crippen molar-refractivity contribution in [1.82, 2.24) is 9.78 Å². The minimum atomic E-state index is -3.87. The van der Waals surface area contributed by atoms with Crippen molar-refractivity contribution in [2.75, 3.05) is 0 Å². The van der Waals surface area contributed by atoms with Crippen LogP contribution in [0.2, 0.25) is 0 Å². The molecule has 16 heavy (non-hydrogen) atoms. The van der Waals surface area contributed by atoms with Crippen molar-refractivity contribution in [2.45, 2.75) is 5.03 Å². The maximum atomic E-state index is 12.7. The van der Waals surface area contributed by atoms with Gasteiger partial charge in [0, 0.05) is 10.7 Å². The van der Waals surface area contributed by atoms with Crippen molar-refractivity contribution in [2.24, 2.45) is 0 Å². The van der Waals surface area contributed by atoms with E-state index < -0.39 is 14.9 Å². The van der Waals surface area contributed by atoms with E-state index in [0.29, 0.717) is 5.69 Å². The fourth-order valence-corrected chi connectivity index (χ4v) is 2.18. The summed E-state index contributed by atoms with van der Waals surface area (Å²) in [5.74, 6) is -0.411. The quantitative estimate of drug-likeness (QED) is 0.776. The minimum absolute atomic E-state index is 0.152. The minimum Gasteiger partial charge on any atom is -0.221 e. The molecule has 0 atom stereocenters. The molecule has 2 rings (SSSR count). The second-order valence-corrected chi connectivity index (χ2v) is 5.51. The first kappa shape index (κ1) is 11.1. The molecule has 0 fully saturated rings. The zero-order chi connectivity index (χ0) is 11.8. The SMILES string of the molecule is O=S(=O)(Cl)c1ccnn1-c1ccc(F)cc1. The predicted octanol–water partition coefficient (Wildman–Crippen LogP) is 1.94. The highest BCUT2D eigenvalue weighted by atomic mass is 35.7. The third-order valence-electron chi connectivity index (χ3n) is 1.93. The van der Waals surface area contributed by atoms with Gasteiger partial charge in [0.15, 0.2) is 5.03 Å². The van der Waals surface area contributed by atoms with Gasteiger partial charge in [0.1, 0.15) is 5.82 Å². The zero-order valence-electron chi connectivity index (χ0n) is 7.84. The maximum Gasteiger partial charge on any atom is 0.278 e. The van der Waals surface area contributed by atoms with Crippen molar-refractivity contribution in [3.05, 3.63) is 42.3 Å². The average molecular weight is 261 g/mol. The predicted molar refractivity (Wildman–Crippen MR) is 56.6 cm³/mol. The van der Waals surface area contributed by atoms with Gasteiger partial charge in [-0.25, -0.2) is 17.5 Å². The summed E-state index contributed by atoms with van der Waals surface area (Å²) in [6, 6.07) is 6.51. The van der Waals surface area contributed by atoms with Crippen LogP contribution in [-0.2, 0) is 9.05 Å². The second kappa shape index (κ2) is 3.88. The molecule has 0 aliphatic heterocycles. The van der Waals surface area contributed by atoms with Crippen LogP contribution in [0.3, 0.4) is 0 Å². The molecule has 84 valence electrons. The van der Waals surface area contributed by atoms with E-state index in [1.165, 1.54) is 36.5 Å². The first-order valence-electron chi connectivity index (χ1n) is 4.23. The Morgan fingerprint density at radius 2 is 1.81 bits per heavy atom. The van der Waals surface area contributed by atoms with E-state index in [0.717, 1.165) is 4.68 Å². The van der Waals surface area contributed by atoms with Crippen LogP contribution in [0.15, 0.2) is 41.6 Å². The molecule has 0 aliphatic rings. The molecular weight excluding hydrogens is 255 g/mol. The number of rotatable bonds is 2. The number of halogens is 2. The Kier molecular flexibility index (Phi) is 2.69. The fraction of sp³-hybridized carbons (Fsp3) is 0. The summed E-state index contributed by atoms with van der Waals surface area (Å²) in [6.45, 7) is 0. The van der Waals surface area contributed by atoms with Crippen LogP contribution in [0.25, 0.3) is 5.69 Å². The summed E-state index contributed by atoms with van der Waals surface area (Å²) in [5.41, 5.74) is 0.422. The van der Waals surface area contributed by atoms with Gasteiger partial charge in [-0.15, -0.1) is 0 Å². The normalized spacial score (nSPS) is 11.6. The van der Waals surface area contributed by atoms with Gasteiger partial charge >= 0.3 is 0 Å². The van der Waals surface area contributed by atoms with Gasteiger partial charge in [-0.2, -0.15) is 5.10 Å². The van der Waals surface area contributed by atoms with E-state index in [9.17, 15) is 12.8 Å². The smallest absolute Gasteiger partial charge is 0.221 e. The molecule has 0 unspecified atom stereocenters. The Hall–Kier alpha value is -1.40. The van der Waals surface area contributed by atoms with Gasteiger partial charge in [-0.1, -0.05) is 0 Å². The van der Waals surface area contributed by atoms with Gasteiger partial charge in [0.05, 0.1) is 11.9 Å². The van der Waals surface area contributed by atoms with E-state index in [-0.39, 0.29) is 5.03 Å². The average Bonchev–Trinajstić information content (AvgIpc) is 2.66. The van der Waals surface area contributed by atoms with Crippen molar-refractivity contribution < 1.29 is 12.8 Å². The zero-order valence-corrected chi connectivity index (χ0v) is 9.41. The van der Waals surface area contributed by atoms with Crippen LogP contribution in [0.4, 0.5) is 4.39 Å². The molecule has 0 spiro atoms. The van der Waals surface area contributed by atoms with Crippen LogP contribution in [0.1, 0.15) is 0 Å². The molecule has 1 aromatic carbocycles. The van der Waals surface area contributed by atoms with Gasteiger partial charge in [0.25, 0.3) is 9.05 Å². The summed E-state index contributed by atoms with van der Waals surface area (Å²) < 4.78 is 36.2. The van der Waals surface area contributed by atoms with Gasteiger partial charge < -0.3 is 0 Å². The Bertz CT molecular complexity index is 607. The van der Waals surface area contributed by atoms with Crippen molar-refractivity contribution in [1.29, 1.82) is 0 Å². The highest BCUT2D eigenvalue weighted by molar-refractivity contribution is 8.13. The first-order chi connectivity index (χ1) is 7.48. The molecule has 1 heterocycles. The number of nitrogens with zero attached hydrogens (tertiary/aromatic N) is 2. The van der Waals surface area contributed by atoms with E-state index in [1.807, 2.05) is 0 Å². The lowest BCUT2D eigenvalue weighted by molar-refractivity contribution is 0.599. The molecular formula is C9H6ClFN2O2S. The Morgan fingerprint density at radius 1 is 1.19 bits per heavy atom. The summed E-state index contributed by atoms with van der Waals surface area (Å²) in [5, 5.41) is 3.66. The van der Waals surface area contributed by atoms with Crippen LogP contribution < -0.4 is 0 Å². The molecule has 1 aromatic heterocycles. The molecule has 0 radical (unpaired) electrons. The van der Waals surface area contributed by atoms with Crippen LogP contribution in [0, 0.1) is 5.82 Å². The lowest BCUT2D eigenvalue weighted by atomic mass is 10.3. The molecule has 0 saturated carbocycles. The number of aromatic nitrogens is 2. The molecule has 0 bridgehead atoms. The van der Waals surface area contributed by atoms with Crippen LogP contribution >= 0.6 is 10.7 Å². The molecule has 0 aliphatic carbocycles. The van der Waals surface area contributed by atoms with E-state index >= 15 is 0 Å². The van der Waals surface area contributed by atoms with E-state index in [2.05, 4.69) is 5.10 Å². The molecule has 0 saturated heterocycles. The summed E-state index contributed by atoms with van der Waals surface area (Å²) in [6.07, 6.45) is 1.30.